The number of aliphatic hydroxyl groups excluding tert-OH is 1. The van der Waals surface area contributed by atoms with Crippen LogP contribution in [0.5, 0.6) is 0 Å². The molecule has 4 fully saturated rings. The van der Waals surface area contributed by atoms with Gasteiger partial charge in [-0.15, -0.1) is 0 Å². The number of urea groups is 1. The molecular formula is C82H128N10O19S3. The number of ether oxygens (including phenoxy) is 6. The molecule has 6 rings (SSSR count). The first-order valence-corrected chi connectivity index (χ1v) is 43.8. The van der Waals surface area contributed by atoms with Crippen LogP contribution < -0.4 is 37.6 Å². The number of nitrogens with one attached hydrogen (secondary N) is 6. The Balaban J connectivity index is 0.990. The van der Waals surface area contributed by atoms with Crippen LogP contribution in [0.25, 0.3) is 0 Å². The van der Waals surface area contributed by atoms with Crippen molar-refractivity contribution in [1.29, 1.82) is 0 Å². The SMILES string of the molecule is CC[C@H](C)[C@@H]([C@@H](CC(=O)N1CCC[C@H]1[C@H](OC)[C@@H](C)C(=O)N[C@H](C)[C@@H](O)c1ccccc1)OC)N(C)C(=O)[C@@H](NC(=O)[C@H](C(C)C)N(C)C(=O)OCc1ccc(NC(=O)[C@H](CCCNC(N)=O)NC(=O)[C@@H](NC(=O)CSCCC(=O)O[C@H]2CC3C[C@H](C2)OC(=O)CCSC2CCCCCC2SCCC(=O)O3)C(C)C)cc1)C(C)C. The maximum absolute atomic E-state index is 14.9. The van der Waals surface area contributed by atoms with Crippen molar-refractivity contribution >= 4 is 112 Å². The molecule has 638 valence electrons. The van der Waals surface area contributed by atoms with E-state index >= 15 is 0 Å². The molecule has 2 saturated heterocycles. The van der Waals surface area contributed by atoms with Crippen molar-refractivity contribution in [3.8, 4) is 0 Å². The largest absolute Gasteiger partial charge is 0.462 e. The molecule has 17 atom stereocenters. The lowest BCUT2D eigenvalue weighted by molar-refractivity contribution is -0.169. The molecule has 9 N–H and O–H groups in total. The monoisotopic (exact) mass is 1650 g/mol. The predicted molar refractivity (Wildman–Crippen MR) is 439 cm³/mol. The minimum atomic E-state index is -1.16. The average Bonchev–Trinajstić information content (AvgIpc) is 1.44. The lowest BCUT2D eigenvalue weighted by Gasteiger charge is -2.41. The Labute approximate surface area is 686 Å². The van der Waals surface area contributed by atoms with Crippen molar-refractivity contribution in [2.45, 2.75) is 274 Å². The van der Waals surface area contributed by atoms with E-state index in [4.69, 9.17) is 34.2 Å². The number of benzene rings is 2. The van der Waals surface area contributed by atoms with Gasteiger partial charge in [0.05, 0.1) is 73.8 Å². The van der Waals surface area contributed by atoms with Crippen LogP contribution in [0.1, 0.15) is 196 Å². The third kappa shape index (κ3) is 30.0. The predicted octanol–water partition coefficient (Wildman–Crippen LogP) is 8.60. The van der Waals surface area contributed by atoms with Gasteiger partial charge in [0.15, 0.2) is 0 Å². The third-order valence-corrected chi connectivity index (χ3v) is 25.8. The molecular weight excluding hydrogens is 1530 g/mol. The number of amides is 10. The second kappa shape index (κ2) is 48.3. The second-order valence-corrected chi connectivity index (χ2v) is 35.4. The number of hydrogen-bond acceptors (Lipinski definition) is 22. The molecule has 2 aromatic carbocycles. The van der Waals surface area contributed by atoms with Gasteiger partial charge in [0.1, 0.15) is 49.1 Å². The van der Waals surface area contributed by atoms with Gasteiger partial charge in [-0.1, -0.05) is 130 Å². The zero-order valence-corrected chi connectivity index (χ0v) is 71.6. The van der Waals surface area contributed by atoms with Crippen molar-refractivity contribution in [2.24, 2.45) is 35.3 Å². The summed E-state index contributed by atoms with van der Waals surface area (Å²) in [4.78, 5) is 168. The summed E-state index contributed by atoms with van der Waals surface area (Å²) < 4.78 is 35.4. The molecule has 3 unspecified atom stereocenters. The highest BCUT2D eigenvalue weighted by Gasteiger charge is 2.45. The number of esters is 3. The molecule has 2 bridgehead atoms. The third-order valence-electron chi connectivity index (χ3n) is 21.9. The Kier molecular flexibility index (Phi) is 40.5. The van der Waals surface area contributed by atoms with Gasteiger partial charge in [-0.25, -0.2) is 9.59 Å². The normalized spacial score (nSPS) is 21.9. The van der Waals surface area contributed by atoms with E-state index < -0.39 is 150 Å². The molecule has 0 radical (unpaired) electrons. The molecule has 2 saturated carbocycles. The van der Waals surface area contributed by atoms with Crippen LogP contribution in [-0.2, 0) is 83.0 Å². The number of rotatable bonds is 38. The molecule has 114 heavy (non-hydrogen) atoms. The first kappa shape index (κ1) is 95.5. The number of likely N-dealkylation sites (N-methyl/N-ethyl adjacent to an activating group) is 2. The quantitative estimate of drug-likeness (QED) is 0.0177. The average molecular weight is 1650 g/mol. The van der Waals surface area contributed by atoms with E-state index in [9.17, 15) is 62.6 Å². The molecule has 4 aliphatic rings. The number of anilines is 1. The number of primary amides is 1. The minimum Gasteiger partial charge on any atom is -0.462 e. The molecule has 32 heteroatoms. The molecule has 2 aromatic rings. The molecule has 2 aliphatic heterocycles. The number of aliphatic hydroxyl groups is 1. The number of thioether (sulfide) groups is 3. The maximum atomic E-state index is 14.9. The molecule has 2 heterocycles. The van der Waals surface area contributed by atoms with Gasteiger partial charge in [-0.05, 0) is 92.4 Å². The summed E-state index contributed by atoms with van der Waals surface area (Å²) in [7, 11) is 6.07. The van der Waals surface area contributed by atoms with E-state index in [0.717, 1.165) is 37.4 Å². The highest BCUT2D eigenvalue weighted by atomic mass is 32.2. The first-order valence-electron chi connectivity index (χ1n) is 40.5. The van der Waals surface area contributed by atoms with Crippen LogP contribution in [0.4, 0.5) is 15.3 Å². The molecule has 2 aliphatic carbocycles. The van der Waals surface area contributed by atoms with Crippen LogP contribution in [0, 0.1) is 29.6 Å². The number of methoxy groups -OCH3 is 2. The van der Waals surface area contributed by atoms with E-state index in [1.807, 2.05) is 55.6 Å². The Morgan fingerprint density at radius 2 is 1.32 bits per heavy atom. The number of carbonyl (C=O) groups excluding carboxylic acids is 12. The Bertz CT molecular complexity index is 3420. The first-order chi connectivity index (χ1) is 54.2. The van der Waals surface area contributed by atoms with Crippen molar-refractivity contribution in [3.05, 3.63) is 65.7 Å². The van der Waals surface area contributed by atoms with Gasteiger partial charge >= 0.3 is 30.0 Å². The van der Waals surface area contributed by atoms with Crippen molar-refractivity contribution in [3.63, 3.8) is 0 Å². The van der Waals surface area contributed by atoms with Crippen LogP contribution in [0.3, 0.4) is 0 Å². The fourth-order valence-corrected chi connectivity index (χ4v) is 19.1. The molecule has 0 spiro atoms. The fourth-order valence-electron chi connectivity index (χ4n) is 15.4. The highest BCUT2D eigenvalue weighted by molar-refractivity contribution is 8.03. The molecule has 0 aromatic heterocycles. The van der Waals surface area contributed by atoms with Gasteiger partial charge < -0.3 is 81.0 Å². The standard InChI is InChI=1S/C82H128N10O19S3/c1-15-51(8)73(62(106-13)45-66(94)92-38-23-27-61(92)75(107-14)52(9)76(99)85-53(10)74(98)55-24-18-16-19-25-55)90(11)80(103)71(49(4)5)89-79(102)72(50(6)7)91(12)82(105)108-46-54-30-32-56(33-31-54)86-77(100)60(26-22-37-84-81(83)104)87-78(101)70(48(2)3)88-65(93)47-112-39-34-67(95)109-57-42-58-44-59(43-57)111-69(97)36-41-114-64-29-21-17-20-28-63(64)113-40-35-68(96)110-58/h16,18-19,24-25,30-33,48-53,57-64,70-75,98H,15,17,20-23,26-29,34-47H2,1-14H3,(H,85,99)(H,86,100)(H,87,101)(H,88,93)(H,89,102)(H3,83,84,104)/t51-,52+,53+,57-,58?,59-,60-,61-,62+,63?,64?,70-,71-,72-,73-,74+,75+/m0/s1. The van der Waals surface area contributed by atoms with E-state index in [2.05, 4.69) is 31.9 Å². The zero-order valence-electron chi connectivity index (χ0n) is 69.2. The minimum absolute atomic E-state index is 0.0484. The lowest BCUT2D eigenvalue weighted by atomic mass is 9.89. The number of nitrogens with two attached hydrogens (primary N) is 1. The number of likely N-dealkylation sites (tertiary alicyclic amines) is 1. The van der Waals surface area contributed by atoms with Crippen LogP contribution in [0.2, 0.25) is 0 Å². The number of fused-ring (bicyclic) bond motifs is 3. The van der Waals surface area contributed by atoms with Gasteiger partial charge in [0, 0.05) is 94.1 Å². The van der Waals surface area contributed by atoms with Crippen LogP contribution in [-0.4, -0.2) is 239 Å². The number of hydrogen-bond donors (Lipinski definition) is 8. The summed E-state index contributed by atoms with van der Waals surface area (Å²) >= 11 is 4.77. The number of nitrogens with zero attached hydrogens (tertiary/aromatic N) is 3. The summed E-state index contributed by atoms with van der Waals surface area (Å²) in [5, 5.41) is 28.5. The van der Waals surface area contributed by atoms with Gasteiger partial charge in [0.2, 0.25) is 41.4 Å². The van der Waals surface area contributed by atoms with Crippen molar-refractivity contribution in [1.82, 2.24) is 41.3 Å². The lowest BCUT2D eigenvalue weighted by Crippen LogP contribution is -2.60. The summed E-state index contributed by atoms with van der Waals surface area (Å²) in [6.07, 6.45) is 3.87. The Hall–Kier alpha value is -7.39. The summed E-state index contributed by atoms with van der Waals surface area (Å²) in [6.45, 7) is 18.3. The second-order valence-electron chi connectivity index (χ2n) is 31.6. The van der Waals surface area contributed by atoms with Crippen LogP contribution in [0.15, 0.2) is 54.6 Å². The Morgan fingerprint density at radius 1 is 0.702 bits per heavy atom. The van der Waals surface area contributed by atoms with Gasteiger partial charge in [0.25, 0.3) is 0 Å². The molecule has 10 amide bonds. The number of carbonyl (C=O) groups is 12. The summed E-state index contributed by atoms with van der Waals surface area (Å²) in [6, 6.07) is 8.50. The van der Waals surface area contributed by atoms with E-state index in [0.29, 0.717) is 71.0 Å². The van der Waals surface area contributed by atoms with E-state index in [-0.39, 0.29) is 106 Å². The fraction of sp³-hybridized carbons (Fsp3) is 0.707. The maximum Gasteiger partial charge on any atom is 0.410 e. The van der Waals surface area contributed by atoms with Crippen LogP contribution >= 0.6 is 35.3 Å². The topological polar surface area (TPSA) is 388 Å². The summed E-state index contributed by atoms with van der Waals surface area (Å²) in [5.41, 5.74) is 6.79. The highest BCUT2D eigenvalue weighted by Crippen LogP contribution is 2.38. The van der Waals surface area contributed by atoms with Gasteiger partial charge in [-0.2, -0.15) is 35.3 Å². The molecule has 29 nitrogen and oxygen atoms in total. The summed E-state index contributed by atoms with van der Waals surface area (Å²) in [5.74, 6) is -5.44. The van der Waals surface area contributed by atoms with E-state index in [1.54, 1.807) is 109 Å². The smallest absolute Gasteiger partial charge is 0.410 e. The Morgan fingerprint density at radius 3 is 1.89 bits per heavy atom. The van der Waals surface area contributed by atoms with E-state index in [1.165, 1.54) is 32.6 Å². The van der Waals surface area contributed by atoms with Crippen molar-refractivity contribution < 1.29 is 91.1 Å². The van der Waals surface area contributed by atoms with Gasteiger partial charge in [-0.3, -0.25) is 52.8 Å². The van der Waals surface area contributed by atoms with Crippen molar-refractivity contribution in [2.75, 3.05) is 69.7 Å². The zero-order chi connectivity index (χ0) is 83.9.